The van der Waals surface area contributed by atoms with Gasteiger partial charge < -0.3 is 5.11 Å². The van der Waals surface area contributed by atoms with Crippen LogP contribution in [0.15, 0.2) is 0 Å². The number of hydrogen-bond donors (Lipinski definition) is 1. The Morgan fingerprint density at radius 2 is 2.25 bits per heavy atom. The quantitative estimate of drug-likeness (QED) is 0.687. The summed E-state index contributed by atoms with van der Waals surface area (Å²) in [5.41, 5.74) is 0.217. The molecule has 0 heterocycles. The van der Waals surface area contributed by atoms with Crippen LogP contribution in [0.5, 0.6) is 0 Å². The molecule has 2 atom stereocenters. The summed E-state index contributed by atoms with van der Waals surface area (Å²) in [4.78, 5) is 10.7. The van der Waals surface area contributed by atoms with E-state index >= 15 is 0 Å². The Bertz CT molecular complexity index is 196. The molecule has 0 aliphatic heterocycles. The lowest BCUT2D eigenvalue weighted by Crippen LogP contribution is -2.24. The molecule has 0 aromatic rings. The maximum Gasteiger partial charge on any atom is 0.303 e. The van der Waals surface area contributed by atoms with Crippen LogP contribution in [0.3, 0.4) is 0 Å². The first-order valence-electron chi connectivity index (χ1n) is 4.92. The number of carbonyl (C=O) groups is 1. The monoisotopic (exact) mass is 168 g/mol. The second kappa shape index (κ2) is 2.75. The molecule has 0 aromatic carbocycles. The van der Waals surface area contributed by atoms with Crippen molar-refractivity contribution in [2.24, 2.45) is 11.3 Å². The molecule has 0 aromatic heterocycles. The third kappa shape index (κ3) is 1.35. The minimum atomic E-state index is -0.599. The number of fused-ring (bicyclic) bond motifs is 2. The lowest BCUT2D eigenvalue weighted by atomic mass is 9.73. The van der Waals surface area contributed by atoms with Crippen molar-refractivity contribution < 1.29 is 9.90 Å². The molecule has 2 bridgehead atoms. The molecule has 2 rings (SSSR count). The van der Waals surface area contributed by atoms with Gasteiger partial charge in [0.05, 0.1) is 6.42 Å². The van der Waals surface area contributed by atoms with Crippen LogP contribution in [-0.4, -0.2) is 11.1 Å². The summed E-state index contributed by atoms with van der Waals surface area (Å²) in [6, 6.07) is 0. The summed E-state index contributed by atoms with van der Waals surface area (Å²) in [6.07, 6.45) is 7.84. The predicted molar refractivity (Wildman–Crippen MR) is 45.9 cm³/mol. The number of hydrogen-bond acceptors (Lipinski definition) is 1. The maximum absolute atomic E-state index is 10.7. The summed E-state index contributed by atoms with van der Waals surface area (Å²) in [5.74, 6) is 0.260. The van der Waals surface area contributed by atoms with E-state index in [1.54, 1.807) is 0 Å². The molecule has 0 spiro atoms. The molecule has 0 amide bonds. The van der Waals surface area contributed by atoms with Crippen molar-refractivity contribution >= 4 is 5.97 Å². The molecule has 68 valence electrons. The van der Waals surface area contributed by atoms with Crippen molar-refractivity contribution in [3.05, 3.63) is 0 Å². The summed E-state index contributed by atoms with van der Waals surface area (Å²) < 4.78 is 0. The third-order valence-electron chi connectivity index (χ3n) is 3.65. The van der Waals surface area contributed by atoms with E-state index in [0.29, 0.717) is 6.42 Å². The van der Waals surface area contributed by atoms with E-state index in [1.807, 2.05) is 0 Å². The van der Waals surface area contributed by atoms with Crippen molar-refractivity contribution in [2.45, 2.75) is 44.9 Å². The summed E-state index contributed by atoms with van der Waals surface area (Å²) in [5, 5.41) is 8.78. The number of rotatable bonds is 2. The van der Waals surface area contributed by atoms with Gasteiger partial charge >= 0.3 is 5.97 Å². The Morgan fingerprint density at radius 3 is 3.00 bits per heavy atom. The van der Waals surface area contributed by atoms with Gasteiger partial charge in [-0.2, -0.15) is 0 Å². The minimum Gasteiger partial charge on any atom is -0.481 e. The van der Waals surface area contributed by atoms with E-state index in [2.05, 4.69) is 0 Å². The predicted octanol–water partition coefficient (Wildman–Crippen LogP) is 2.43. The Hall–Kier alpha value is -0.530. The zero-order valence-corrected chi connectivity index (χ0v) is 7.38. The second-order valence-corrected chi connectivity index (χ2v) is 4.57. The second-order valence-electron chi connectivity index (χ2n) is 4.57. The maximum atomic E-state index is 10.7. The molecule has 2 saturated carbocycles. The van der Waals surface area contributed by atoms with E-state index in [4.69, 9.17) is 5.11 Å². The highest BCUT2D eigenvalue weighted by molar-refractivity contribution is 5.67. The van der Waals surface area contributed by atoms with E-state index in [0.717, 1.165) is 12.3 Å². The first kappa shape index (κ1) is 8.09. The highest BCUT2D eigenvalue weighted by Crippen LogP contribution is 2.53. The van der Waals surface area contributed by atoms with Crippen molar-refractivity contribution in [2.75, 3.05) is 0 Å². The number of carboxylic acids is 1. The molecule has 2 fully saturated rings. The summed E-state index contributed by atoms with van der Waals surface area (Å²) in [6.45, 7) is 0. The Kier molecular flexibility index (Phi) is 1.85. The van der Waals surface area contributed by atoms with Crippen molar-refractivity contribution in [1.82, 2.24) is 0 Å². The molecular formula is C10H16O2. The fourth-order valence-electron chi connectivity index (χ4n) is 3.14. The van der Waals surface area contributed by atoms with Crippen LogP contribution < -0.4 is 0 Å². The summed E-state index contributed by atoms with van der Waals surface area (Å²) >= 11 is 0. The van der Waals surface area contributed by atoms with Gasteiger partial charge in [0.15, 0.2) is 0 Å². The van der Waals surface area contributed by atoms with Gasteiger partial charge in [0.25, 0.3) is 0 Å². The van der Waals surface area contributed by atoms with Crippen LogP contribution in [0.4, 0.5) is 0 Å². The first-order chi connectivity index (χ1) is 5.70. The zero-order valence-electron chi connectivity index (χ0n) is 7.38. The van der Waals surface area contributed by atoms with E-state index in [9.17, 15) is 4.79 Å². The SMILES string of the molecule is O=C(O)CC12CCCC(CC1)C2. The topological polar surface area (TPSA) is 37.3 Å². The van der Waals surface area contributed by atoms with Crippen LogP contribution in [0.1, 0.15) is 44.9 Å². The van der Waals surface area contributed by atoms with Gasteiger partial charge in [-0.15, -0.1) is 0 Å². The van der Waals surface area contributed by atoms with Gasteiger partial charge in [-0.05, 0) is 37.0 Å². The largest absolute Gasteiger partial charge is 0.481 e. The van der Waals surface area contributed by atoms with E-state index in [1.165, 1.54) is 32.1 Å². The van der Waals surface area contributed by atoms with E-state index < -0.39 is 5.97 Å². The van der Waals surface area contributed by atoms with Crippen LogP contribution >= 0.6 is 0 Å². The average molecular weight is 168 g/mol. The third-order valence-corrected chi connectivity index (χ3v) is 3.65. The van der Waals surface area contributed by atoms with Gasteiger partial charge in [0, 0.05) is 0 Å². The first-order valence-corrected chi connectivity index (χ1v) is 4.92. The van der Waals surface area contributed by atoms with Crippen molar-refractivity contribution in [3.63, 3.8) is 0 Å². The smallest absolute Gasteiger partial charge is 0.303 e. The highest BCUT2D eigenvalue weighted by Gasteiger charge is 2.42. The fourth-order valence-corrected chi connectivity index (χ4v) is 3.14. The standard InChI is InChI=1S/C10H16O2/c11-9(12)7-10-4-1-2-8(6-10)3-5-10/h8H,1-7H2,(H,11,12). The Morgan fingerprint density at radius 1 is 1.42 bits per heavy atom. The van der Waals surface area contributed by atoms with Crippen molar-refractivity contribution in [3.8, 4) is 0 Å². The van der Waals surface area contributed by atoms with Gasteiger partial charge in [-0.1, -0.05) is 12.8 Å². The van der Waals surface area contributed by atoms with Crippen LogP contribution in [0, 0.1) is 11.3 Å². The van der Waals surface area contributed by atoms with Gasteiger partial charge in [-0.25, -0.2) is 0 Å². The number of carboxylic acid groups (broad SMARTS) is 1. The highest BCUT2D eigenvalue weighted by atomic mass is 16.4. The van der Waals surface area contributed by atoms with Crippen molar-refractivity contribution in [1.29, 1.82) is 0 Å². The molecular weight excluding hydrogens is 152 g/mol. The molecule has 2 nitrogen and oxygen atoms in total. The van der Waals surface area contributed by atoms with Crippen LogP contribution in [-0.2, 0) is 4.79 Å². The fraction of sp³-hybridized carbons (Fsp3) is 0.900. The average Bonchev–Trinajstić information content (AvgIpc) is 2.25. The molecule has 2 heteroatoms. The number of aliphatic carboxylic acids is 1. The molecule has 0 saturated heterocycles. The molecule has 2 aliphatic carbocycles. The molecule has 2 aliphatic rings. The molecule has 1 N–H and O–H groups in total. The van der Waals surface area contributed by atoms with E-state index in [-0.39, 0.29) is 5.41 Å². The molecule has 0 radical (unpaired) electrons. The van der Waals surface area contributed by atoms with Crippen LogP contribution in [0.25, 0.3) is 0 Å². The van der Waals surface area contributed by atoms with Gasteiger partial charge in [-0.3, -0.25) is 4.79 Å². The lowest BCUT2D eigenvalue weighted by molar-refractivity contribution is -0.140. The van der Waals surface area contributed by atoms with Gasteiger partial charge in [0.1, 0.15) is 0 Å². The molecule has 12 heavy (non-hydrogen) atoms. The Balaban J connectivity index is 2.05. The lowest BCUT2D eigenvalue weighted by Gasteiger charge is -2.31. The van der Waals surface area contributed by atoms with Gasteiger partial charge in [0.2, 0.25) is 0 Å². The van der Waals surface area contributed by atoms with Crippen LogP contribution in [0.2, 0.25) is 0 Å². The molecule has 2 unspecified atom stereocenters. The minimum absolute atomic E-state index is 0.217. The normalized spacial score (nSPS) is 39.8. The Labute approximate surface area is 73.0 Å². The summed E-state index contributed by atoms with van der Waals surface area (Å²) in [7, 11) is 0. The zero-order chi connectivity index (χ0) is 8.60.